The second-order valence-electron chi connectivity index (χ2n) is 6.87. The van der Waals surface area contributed by atoms with Gasteiger partial charge >= 0.3 is 6.18 Å². The van der Waals surface area contributed by atoms with Crippen molar-refractivity contribution in [2.24, 2.45) is 0 Å². The Balaban J connectivity index is 1.60. The zero-order valence-electron chi connectivity index (χ0n) is 15.9. The summed E-state index contributed by atoms with van der Waals surface area (Å²) in [6.07, 6.45) is -3.90. The summed E-state index contributed by atoms with van der Waals surface area (Å²) < 4.78 is 49.4. The van der Waals surface area contributed by atoms with Crippen LogP contribution in [0.2, 0.25) is 0 Å². The van der Waals surface area contributed by atoms with Crippen LogP contribution in [-0.2, 0) is 19.2 Å². The molecular formula is C21H21F3N2O2. The number of alkyl halides is 3. The van der Waals surface area contributed by atoms with Gasteiger partial charge in [0.15, 0.2) is 6.61 Å². The molecule has 0 aliphatic heterocycles. The van der Waals surface area contributed by atoms with Crippen LogP contribution in [0.3, 0.4) is 0 Å². The van der Waals surface area contributed by atoms with Gasteiger partial charge in [-0.05, 0) is 54.7 Å². The SMILES string of the molecule is Cc1ccc(C)c(OCc2nnc(CC(C)c3ccc(C(F)(F)F)cc3)o2)c1. The van der Waals surface area contributed by atoms with Crippen molar-refractivity contribution in [2.45, 2.75) is 45.9 Å². The molecule has 1 heterocycles. The molecule has 0 fully saturated rings. The number of nitrogens with zero attached hydrogens (tertiary/aromatic N) is 2. The highest BCUT2D eigenvalue weighted by Crippen LogP contribution is 2.30. The molecule has 3 aromatic rings. The lowest BCUT2D eigenvalue weighted by Crippen LogP contribution is -2.05. The first-order valence-electron chi connectivity index (χ1n) is 8.91. The van der Waals surface area contributed by atoms with Crippen LogP contribution < -0.4 is 4.74 Å². The van der Waals surface area contributed by atoms with Gasteiger partial charge in [0.1, 0.15) is 5.75 Å². The van der Waals surface area contributed by atoms with E-state index in [1.807, 2.05) is 39.0 Å². The van der Waals surface area contributed by atoms with E-state index in [0.29, 0.717) is 18.2 Å². The third kappa shape index (κ3) is 4.91. The van der Waals surface area contributed by atoms with E-state index in [0.717, 1.165) is 34.6 Å². The Kier molecular flexibility index (Phi) is 5.72. The first-order valence-corrected chi connectivity index (χ1v) is 8.91. The maximum Gasteiger partial charge on any atom is 0.416 e. The fourth-order valence-corrected chi connectivity index (χ4v) is 2.81. The first kappa shape index (κ1) is 19.9. The van der Waals surface area contributed by atoms with Crippen molar-refractivity contribution < 1.29 is 22.3 Å². The molecule has 1 atom stereocenters. The second kappa shape index (κ2) is 8.04. The number of hydrogen-bond donors (Lipinski definition) is 0. The van der Waals surface area contributed by atoms with Crippen molar-refractivity contribution in [3.63, 3.8) is 0 Å². The Morgan fingerprint density at radius 3 is 2.36 bits per heavy atom. The van der Waals surface area contributed by atoms with Crippen molar-refractivity contribution in [2.75, 3.05) is 0 Å². The summed E-state index contributed by atoms with van der Waals surface area (Å²) in [6, 6.07) is 11.1. The molecule has 0 radical (unpaired) electrons. The number of rotatable bonds is 6. The average molecular weight is 390 g/mol. The molecule has 0 aliphatic carbocycles. The lowest BCUT2D eigenvalue weighted by atomic mass is 9.97. The Morgan fingerprint density at radius 2 is 1.68 bits per heavy atom. The minimum atomic E-state index is -4.33. The molecule has 4 nitrogen and oxygen atoms in total. The zero-order valence-corrected chi connectivity index (χ0v) is 15.9. The molecule has 7 heteroatoms. The second-order valence-corrected chi connectivity index (χ2v) is 6.87. The summed E-state index contributed by atoms with van der Waals surface area (Å²) in [5.74, 6) is 1.48. The highest BCUT2D eigenvalue weighted by molar-refractivity contribution is 5.36. The van der Waals surface area contributed by atoms with Crippen LogP contribution in [0.1, 0.15) is 46.9 Å². The fourth-order valence-electron chi connectivity index (χ4n) is 2.81. The Morgan fingerprint density at radius 1 is 1.00 bits per heavy atom. The average Bonchev–Trinajstić information content (AvgIpc) is 3.09. The van der Waals surface area contributed by atoms with E-state index in [9.17, 15) is 13.2 Å². The maximum atomic E-state index is 12.7. The Labute approximate surface area is 161 Å². The summed E-state index contributed by atoms with van der Waals surface area (Å²) in [5.41, 5.74) is 2.23. The molecule has 0 saturated heterocycles. The molecule has 0 N–H and O–H groups in total. The molecule has 0 spiro atoms. The minimum Gasteiger partial charge on any atom is -0.484 e. The van der Waals surface area contributed by atoms with E-state index in [1.165, 1.54) is 12.1 Å². The molecule has 0 bridgehead atoms. The van der Waals surface area contributed by atoms with Crippen molar-refractivity contribution in [1.29, 1.82) is 0 Å². The van der Waals surface area contributed by atoms with E-state index in [2.05, 4.69) is 10.2 Å². The predicted molar refractivity (Wildman–Crippen MR) is 98.1 cm³/mol. The van der Waals surface area contributed by atoms with E-state index in [-0.39, 0.29) is 12.5 Å². The lowest BCUT2D eigenvalue weighted by molar-refractivity contribution is -0.137. The molecule has 148 valence electrons. The topological polar surface area (TPSA) is 48.2 Å². The smallest absolute Gasteiger partial charge is 0.416 e. The largest absolute Gasteiger partial charge is 0.484 e. The molecule has 0 amide bonds. The number of aryl methyl sites for hydroxylation is 2. The monoisotopic (exact) mass is 390 g/mol. The molecule has 1 unspecified atom stereocenters. The maximum absolute atomic E-state index is 12.7. The van der Waals surface area contributed by atoms with Crippen LogP contribution in [-0.4, -0.2) is 10.2 Å². The Bertz CT molecular complexity index is 934. The normalized spacial score (nSPS) is 12.8. The Hall–Kier alpha value is -2.83. The van der Waals surface area contributed by atoms with Crippen LogP contribution in [0.25, 0.3) is 0 Å². The molecule has 1 aromatic heterocycles. The van der Waals surface area contributed by atoms with Gasteiger partial charge in [0.25, 0.3) is 5.89 Å². The minimum absolute atomic E-state index is 0.0597. The van der Waals surface area contributed by atoms with Gasteiger partial charge in [-0.25, -0.2) is 0 Å². The zero-order chi connectivity index (χ0) is 20.3. The van der Waals surface area contributed by atoms with Crippen molar-refractivity contribution >= 4 is 0 Å². The van der Waals surface area contributed by atoms with Crippen LogP contribution in [0.15, 0.2) is 46.9 Å². The van der Waals surface area contributed by atoms with Crippen LogP contribution >= 0.6 is 0 Å². The van der Waals surface area contributed by atoms with E-state index in [1.54, 1.807) is 0 Å². The number of hydrogen-bond acceptors (Lipinski definition) is 4. The number of benzene rings is 2. The summed E-state index contributed by atoms with van der Waals surface area (Å²) in [4.78, 5) is 0. The van der Waals surface area contributed by atoms with Gasteiger partial charge in [0.2, 0.25) is 5.89 Å². The third-order valence-electron chi connectivity index (χ3n) is 4.49. The van der Waals surface area contributed by atoms with Gasteiger partial charge < -0.3 is 9.15 Å². The number of aromatic nitrogens is 2. The van der Waals surface area contributed by atoms with E-state index < -0.39 is 11.7 Å². The van der Waals surface area contributed by atoms with Crippen LogP contribution in [0, 0.1) is 13.8 Å². The van der Waals surface area contributed by atoms with Crippen molar-refractivity contribution in [1.82, 2.24) is 10.2 Å². The van der Waals surface area contributed by atoms with Gasteiger partial charge in [0.05, 0.1) is 5.56 Å². The summed E-state index contributed by atoms with van der Waals surface area (Å²) in [6.45, 7) is 6.00. The third-order valence-corrected chi connectivity index (χ3v) is 4.49. The molecule has 3 rings (SSSR count). The van der Waals surface area contributed by atoms with Crippen LogP contribution in [0.4, 0.5) is 13.2 Å². The molecule has 0 aliphatic rings. The number of ether oxygens (including phenoxy) is 1. The standard InChI is InChI=1S/C21H21F3N2O2/c1-13-4-5-14(2)18(10-13)27-12-20-26-25-19(28-20)11-15(3)16-6-8-17(9-7-16)21(22,23)24/h4-10,15H,11-12H2,1-3H3. The fraction of sp³-hybridized carbons (Fsp3) is 0.333. The van der Waals surface area contributed by atoms with Gasteiger partial charge in [-0.1, -0.05) is 31.2 Å². The van der Waals surface area contributed by atoms with Gasteiger partial charge in [-0.2, -0.15) is 13.2 Å². The van der Waals surface area contributed by atoms with E-state index in [4.69, 9.17) is 9.15 Å². The number of halogens is 3. The lowest BCUT2D eigenvalue weighted by Gasteiger charge is -2.11. The summed E-state index contributed by atoms with van der Waals surface area (Å²) >= 11 is 0. The van der Waals surface area contributed by atoms with Gasteiger partial charge in [0, 0.05) is 6.42 Å². The molecule has 28 heavy (non-hydrogen) atoms. The molecule has 0 saturated carbocycles. The quantitative estimate of drug-likeness (QED) is 0.547. The van der Waals surface area contributed by atoms with Crippen molar-refractivity contribution in [3.8, 4) is 5.75 Å². The predicted octanol–water partition coefficient (Wildman–Crippen LogP) is 5.63. The van der Waals surface area contributed by atoms with Crippen molar-refractivity contribution in [3.05, 3.63) is 76.5 Å². The highest BCUT2D eigenvalue weighted by atomic mass is 19.4. The summed E-state index contributed by atoms with van der Waals surface area (Å²) in [5, 5.41) is 8.00. The summed E-state index contributed by atoms with van der Waals surface area (Å²) in [7, 11) is 0. The highest BCUT2D eigenvalue weighted by Gasteiger charge is 2.30. The molecular weight excluding hydrogens is 369 g/mol. The van der Waals surface area contributed by atoms with E-state index >= 15 is 0 Å². The van der Waals surface area contributed by atoms with Gasteiger partial charge in [-0.15, -0.1) is 10.2 Å². The van der Waals surface area contributed by atoms with Gasteiger partial charge in [-0.3, -0.25) is 0 Å². The van der Waals surface area contributed by atoms with Crippen LogP contribution in [0.5, 0.6) is 5.75 Å². The molecule has 2 aromatic carbocycles. The first-order chi connectivity index (χ1) is 13.2.